The van der Waals surface area contributed by atoms with Gasteiger partial charge < -0.3 is 4.74 Å². The largest absolute Gasteiger partial charge is 0.468 e. The highest BCUT2D eigenvalue weighted by atomic mass is 19.1. The highest BCUT2D eigenvalue weighted by Crippen LogP contribution is 2.22. The van der Waals surface area contributed by atoms with Gasteiger partial charge in [0.05, 0.1) is 7.11 Å². The Labute approximate surface area is 115 Å². The maximum Gasteiger partial charge on any atom is 0.321 e. The first-order valence-corrected chi connectivity index (χ1v) is 5.91. The second kappa shape index (κ2) is 6.06. The molecule has 4 nitrogen and oxygen atoms in total. The van der Waals surface area contributed by atoms with Gasteiger partial charge >= 0.3 is 5.97 Å². The van der Waals surface area contributed by atoms with Crippen molar-refractivity contribution in [3.8, 4) is 0 Å². The van der Waals surface area contributed by atoms with Crippen LogP contribution in [0.1, 0.15) is 21.8 Å². The normalized spacial score (nSPS) is 11.7. The summed E-state index contributed by atoms with van der Waals surface area (Å²) in [7, 11) is 1.21. The van der Waals surface area contributed by atoms with E-state index >= 15 is 0 Å². The van der Waals surface area contributed by atoms with E-state index in [0.29, 0.717) is 11.1 Å². The Morgan fingerprint density at radius 2 is 1.70 bits per heavy atom. The highest BCUT2D eigenvalue weighted by Gasteiger charge is 2.30. The lowest BCUT2D eigenvalue weighted by molar-refractivity contribution is -0.141. The first kappa shape index (κ1) is 13.9. The molecule has 1 aromatic heterocycles. The second-order valence-corrected chi connectivity index (χ2v) is 4.11. The van der Waals surface area contributed by atoms with Crippen molar-refractivity contribution in [2.45, 2.75) is 5.92 Å². The molecule has 0 bridgehead atoms. The molecule has 20 heavy (non-hydrogen) atoms. The average molecular weight is 273 g/mol. The summed E-state index contributed by atoms with van der Waals surface area (Å²) in [5.41, 5.74) is 0.736. The third-order valence-electron chi connectivity index (χ3n) is 2.87. The standard InChI is InChI=1S/C15H12FNO3/c1-20-15(19)13(10-2-4-12(16)5-3-10)14(18)11-6-8-17-9-7-11/h2-9,13H,1H3/t13-/m0/s1. The monoisotopic (exact) mass is 273 g/mol. The molecule has 0 N–H and O–H groups in total. The Balaban J connectivity index is 2.40. The molecule has 0 saturated carbocycles. The summed E-state index contributed by atoms with van der Waals surface area (Å²) in [6.45, 7) is 0. The molecule has 2 rings (SSSR count). The first-order chi connectivity index (χ1) is 9.63. The van der Waals surface area contributed by atoms with Gasteiger partial charge in [-0.25, -0.2) is 4.39 Å². The molecule has 1 aromatic carbocycles. The van der Waals surface area contributed by atoms with E-state index < -0.39 is 23.5 Å². The number of methoxy groups -OCH3 is 1. The number of hydrogen-bond donors (Lipinski definition) is 0. The maximum absolute atomic E-state index is 12.9. The van der Waals surface area contributed by atoms with E-state index in [1.165, 1.54) is 55.9 Å². The molecule has 0 spiro atoms. The lowest BCUT2D eigenvalue weighted by Gasteiger charge is -2.14. The van der Waals surface area contributed by atoms with Crippen LogP contribution >= 0.6 is 0 Å². The van der Waals surface area contributed by atoms with Crippen LogP contribution in [0.2, 0.25) is 0 Å². The Morgan fingerprint density at radius 1 is 1.10 bits per heavy atom. The maximum atomic E-state index is 12.9. The summed E-state index contributed by atoms with van der Waals surface area (Å²) < 4.78 is 17.6. The number of aromatic nitrogens is 1. The number of ether oxygens (including phenoxy) is 1. The van der Waals surface area contributed by atoms with Gasteiger partial charge in [-0.3, -0.25) is 14.6 Å². The predicted molar refractivity (Wildman–Crippen MR) is 69.7 cm³/mol. The summed E-state index contributed by atoms with van der Waals surface area (Å²) >= 11 is 0. The van der Waals surface area contributed by atoms with Crippen LogP contribution in [0.25, 0.3) is 0 Å². The summed E-state index contributed by atoms with van der Waals surface area (Å²) in [6, 6.07) is 8.23. The number of hydrogen-bond acceptors (Lipinski definition) is 4. The van der Waals surface area contributed by atoms with Crippen LogP contribution in [0, 0.1) is 5.82 Å². The Morgan fingerprint density at radius 3 is 2.25 bits per heavy atom. The van der Waals surface area contributed by atoms with Gasteiger partial charge in [-0.05, 0) is 29.8 Å². The molecular formula is C15H12FNO3. The zero-order valence-corrected chi connectivity index (χ0v) is 10.7. The fourth-order valence-electron chi connectivity index (χ4n) is 1.85. The van der Waals surface area contributed by atoms with Gasteiger partial charge in [-0.15, -0.1) is 0 Å². The zero-order valence-electron chi connectivity index (χ0n) is 10.7. The molecule has 1 atom stereocenters. The minimum absolute atomic E-state index is 0.347. The van der Waals surface area contributed by atoms with Crippen molar-refractivity contribution >= 4 is 11.8 Å². The summed E-state index contributed by atoms with van der Waals surface area (Å²) in [5, 5.41) is 0. The van der Waals surface area contributed by atoms with E-state index in [0.717, 1.165) is 0 Å². The molecule has 1 heterocycles. The number of halogens is 1. The van der Waals surface area contributed by atoms with Crippen molar-refractivity contribution in [2.24, 2.45) is 0 Å². The molecule has 102 valence electrons. The van der Waals surface area contributed by atoms with E-state index in [-0.39, 0.29) is 0 Å². The molecule has 0 aliphatic carbocycles. The van der Waals surface area contributed by atoms with Crippen LogP contribution in [0.3, 0.4) is 0 Å². The third-order valence-corrected chi connectivity index (χ3v) is 2.87. The number of benzene rings is 1. The van der Waals surface area contributed by atoms with E-state index in [1.54, 1.807) is 0 Å². The minimum Gasteiger partial charge on any atom is -0.468 e. The summed E-state index contributed by atoms with van der Waals surface area (Å²) in [4.78, 5) is 28.1. The van der Waals surface area contributed by atoms with Gasteiger partial charge in [0, 0.05) is 18.0 Å². The lowest BCUT2D eigenvalue weighted by Crippen LogP contribution is -2.23. The lowest BCUT2D eigenvalue weighted by atomic mass is 9.91. The van der Waals surface area contributed by atoms with Crippen LogP contribution in [0.15, 0.2) is 48.8 Å². The van der Waals surface area contributed by atoms with Crippen molar-refractivity contribution in [2.75, 3.05) is 7.11 Å². The molecule has 2 aromatic rings. The van der Waals surface area contributed by atoms with Gasteiger partial charge in [-0.2, -0.15) is 0 Å². The average Bonchev–Trinajstić information content (AvgIpc) is 2.50. The molecule has 0 fully saturated rings. The predicted octanol–water partition coefficient (Wildman–Crippen LogP) is 2.36. The van der Waals surface area contributed by atoms with Gasteiger partial charge in [0.1, 0.15) is 11.7 Å². The first-order valence-electron chi connectivity index (χ1n) is 5.91. The molecule has 0 aliphatic heterocycles. The number of nitrogens with zero attached hydrogens (tertiary/aromatic N) is 1. The van der Waals surface area contributed by atoms with Crippen molar-refractivity contribution in [3.63, 3.8) is 0 Å². The van der Waals surface area contributed by atoms with Crippen LogP contribution in [0.4, 0.5) is 4.39 Å². The second-order valence-electron chi connectivity index (χ2n) is 4.11. The van der Waals surface area contributed by atoms with Crippen molar-refractivity contribution < 1.29 is 18.7 Å². The van der Waals surface area contributed by atoms with Gasteiger partial charge in [0.2, 0.25) is 0 Å². The van der Waals surface area contributed by atoms with Crippen molar-refractivity contribution in [1.29, 1.82) is 0 Å². The van der Waals surface area contributed by atoms with Crippen LogP contribution in [0.5, 0.6) is 0 Å². The fraction of sp³-hybridized carbons (Fsp3) is 0.133. The molecule has 0 unspecified atom stereocenters. The van der Waals surface area contributed by atoms with E-state index in [9.17, 15) is 14.0 Å². The number of carbonyl (C=O) groups is 2. The summed E-state index contributed by atoms with van der Waals surface area (Å²) in [6.07, 6.45) is 2.93. The van der Waals surface area contributed by atoms with E-state index in [4.69, 9.17) is 0 Å². The number of esters is 1. The number of ketones is 1. The topological polar surface area (TPSA) is 56.3 Å². The van der Waals surface area contributed by atoms with Gasteiger partial charge in [0.25, 0.3) is 0 Å². The minimum atomic E-state index is -1.11. The smallest absolute Gasteiger partial charge is 0.321 e. The molecule has 5 heteroatoms. The van der Waals surface area contributed by atoms with Crippen LogP contribution in [-0.2, 0) is 9.53 Å². The van der Waals surface area contributed by atoms with Crippen molar-refractivity contribution in [1.82, 2.24) is 4.98 Å². The van der Waals surface area contributed by atoms with E-state index in [1.807, 2.05) is 0 Å². The quantitative estimate of drug-likeness (QED) is 0.487. The Hall–Kier alpha value is -2.56. The Kier molecular flexibility index (Phi) is 4.20. The van der Waals surface area contributed by atoms with Gasteiger partial charge in [0.15, 0.2) is 5.78 Å². The molecule has 0 radical (unpaired) electrons. The molecule has 0 saturated heterocycles. The molecule has 0 amide bonds. The van der Waals surface area contributed by atoms with Crippen LogP contribution < -0.4 is 0 Å². The highest BCUT2D eigenvalue weighted by molar-refractivity contribution is 6.12. The van der Waals surface area contributed by atoms with Crippen molar-refractivity contribution in [3.05, 3.63) is 65.7 Å². The number of rotatable bonds is 4. The Bertz CT molecular complexity index is 611. The van der Waals surface area contributed by atoms with Gasteiger partial charge in [-0.1, -0.05) is 12.1 Å². The fourth-order valence-corrected chi connectivity index (χ4v) is 1.85. The number of pyridine rings is 1. The SMILES string of the molecule is COC(=O)[C@H](C(=O)c1ccncc1)c1ccc(F)cc1. The molecular weight excluding hydrogens is 261 g/mol. The number of Topliss-reactive ketones (excluding diaryl/α,β-unsaturated/α-hetero) is 1. The summed E-state index contributed by atoms with van der Waals surface area (Å²) in [5.74, 6) is -2.64. The third kappa shape index (κ3) is 2.88. The zero-order chi connectivity index (χ0) is 14.5. The van der Waals surface area contributed by atoms with E-state index in [2.05, 4.69) is 9.72 Å². The number of carbonyl (C=O) groups excluding carboxylic acids is 2. The van der Waals surface area contributed by atoms with Crippen LogP contribution in [-0.4, -0.2) is 23.8 Å². The molecule has 0 aliphatic rings.